The highest BCUT2D eigenvalue weighted by Gasteiger charge is 2.24. The van der Waals surface area contributed by atoms with Crippen molar-refractivity contribution in [2.24, 2.45) is 0 Å². The molecule has 0 aliphatic carbocycles. The van der Waals surface area contributed by atoms with Crippen LogP contribution in [-0.4, -0.2) is 38.1 Å². The number of rotatable bonds is 6. The molecule has 2 amide bonds. The monoisotopic (exact) mass is 381 g/mol. The average molecular weight is 381 g/mol. The van der Waals surface area contributed by atoms with Crippen LogP contribution >= 0.6 is 0 Å². The second-order valence-corrected chi connectivity index (χ2v) is 7.17. The molecule has 0 bridgehead atoms. The van der Waals surface area contributed by atoms with Crippen LogP contribution in [0.25, 0.3) is 0 Å². The minimum absolute atomic E-state index is 0.0835. The van der Waals surface area contributed by atoms with Crippen LogP contribution in [0.2, 0.25) is 0 Å². The van der Waals surface area contributed by atoms with Crippen molar-refractivity contribution in [3.8, 4) is 5.75 Å². The van der Waals surface area contributed by atoms with E-state index >= 15 is 0 Å². The van der Waals surface area contributed by atoms with Crippen molar-refractivity contribution < 1.29 is 14.3 Å². The molecule has 1 aliphatic rings. The Bertz CT molecular complexity index is 866. The van der Waals surface area contributed by atoms with Gasteiger partial charge in [0.05, 0.1) is 25.9 Å². The number of aryl methyl sites for hydroxylation is 2. The summed E-state index contributed by atoms with van der Waals surface area (Å²) in [6.07, 6.45) is 2.04. The van der Waals surface area contributed by atoms with Gasteiger partial charge in [-0.2, -0.15) is 0 Å². The molecule has 0 fully saturated rings. The van der Waals surface area contributed by atoms with Gasteiger partial charge in [0.2, 0.25) is 11.8 Å². The number of hydrogen-bond donors (Lipinski definition) is 2. The number of nitrogens with one attached hydrogen (secondary N) is 2. The number of amides is 2. The lowest BCUT2D eigenvalue weighted by atomic mass is 9.97. The molecule has 0 aromatic heterocycles. The van der Waals surface area contributed by atoms with E-state index in [4.69, 9.17) is 4.74 Å². The Morgan fingerprint density at radius 3 is 2.75 bits per heavy atom. The van der Waals surface area contributed by atoms with E-state index in [0.29, 0.717) is 11.4 Å². The van der Waals surface area contributed by atoms with Crippen LogP contribution in [0.15, 0.2) is 42.5 Å². The third kappa shape index (κ3) is 4.63. The van der Waals surface area contributed by atoms with Crippen LogP contribution in [0.5, 0.6) is 5.75 Å². The number of para-hydroxylation sites is 1. The van der Waals surface area contributed by atoms with E-state index in [2.05, 4.69) is 34.6 Å². The van der Waals surface area contributed by atoms with Crippen LogP contribution in [0.3, 0.4) is 0 Å². The maximum atomic E-state index is 12.4. The van der Waals surface area contributed by atoms with Gasteiger partial charge in [-0.25, -0.2) is 0 Å². The first-order chi connectivity index (χ1) is 13.5. The van der Waals surface area contributed by atoms with Gasteiger partial charge in [0.15, 0.2) is 0 Å². The van der Waals surface area contributed by atoms with E-state index in [-0.39, 0.29) is 30.9 Å². The Kier molecular flexibility index (Phi) is 6.19. The Morgan fingerprint density at radius 1 is 1.18 bits per heavy atom. The van der Waals surface area contributed by atoms with Crippen molar-refractivity contribution in [3.05, 3.63) is 53.6 Å². The van der Waals surface area contributed by atoms with Gasteiger partial charge in [0, 0.05) is 11.7 Å². The van der Waals surface area contributed by atoms with Crippen LogP contribution < -0.4 is 20.3 Å². The maximum absolute atomic E-state index is 12.4. The van der Waals surface area contributed by atoms with Gasteiger partial charge in [-0.1, -0.05) is 24.3 Å². The lowest BCUT2D eigenvalue weighted by Crippen LogP contribution is -2.45. The molecule has 2 aromatic carbocycles. The van der Waals surface area contributed by atoms with Crippen molar-refractivity contribution in [3.63, 3.8) is 0 Å². The number of hydrogen-bond acceptors (Lipinski definition) is 4. The number of benzene rings is 2. The molecule has 3 rings (SSSR count). The fraction of sp³-hybridized carbons (Fsp3) is 0.364. The summed E-state index contributed by atoms with van der Waals surface area (Å²) in [5, 5.41) is 5.51. The topological polar surface area (TPSA) is 70.7 Å². The maximum Gasteiger partial charge on any atom is 0.243 e. The smallest absolute Gasteiger partial charge is 0.243 e. The van der Waals surface area contributed by atoms with E-state index in [1.165, 1.54) is 5.56 Å². The fourth-order valence-corrected chi connectivity index (χ4v) is 3.50. The Hall–Kier alpha value is -3.02. The normalized spacial score (nSPS) is 15.5. The first-order valence-corrected chi connectivity index (χ1v) is 9.53. The SMILES string of the molecule is COc1ccc(C)cc1NC(=O)CNC(=O)CN1c2ccccc2CC[C@H]1C. The lowest BCUT2D eigenvalue weighted by Gasteiger charge is -2.36. The molecule has 6 nitrogen and oxygen atoms in total. The Labute approximate surface area is 165 Å². The summed E-state index contributed by atoms with van der Waals surface area (Å²) >= 11 is 0. The summed E-state index contributed by atoms with van der Waals surface area (Å²) in [7, 11) is 1.56. The molecule has 1 aliphatic heterocycles. The first-order valence-electron chi connectivity index (χ1n) is 9.53. The third-order valence-corrected chi connectivity index (χ3v) is 5.05. The Balaban J connectivity index is 1.56. The van der Waals surface area contributed by atoms with E-state index < -0.39 is 0 Å². The van der Waals surface area contributed by atoms with Crippen molar-refractivity contribution in [1.29, 1.82) is 0 Å². The molecular weight excluding hydrogens is 354 g/mol. The first kappa shape index (κ1) is 19.7. The summed E-state index contributed by atoms with van der Waals surface area (Å²) in [4.78, 5) is 26.8. The van der Waals surface area contributed by atoms with Gasteiger partial charge in [-0.3, -0.25) is 9.59 Å². The quantitative estimate of drug-likeness (QED) is 0.807. The summed E-state index contributed by atoms with van der Waals surface area (Å²) < 4.78 is 5.26. The number of carbonyl (C=O) groups excluding carboxylic acids is 2. The highest BCUT2D eigenvalue weighted by molar-refractivity contribution is 5.96. The summed E-state index contributed by atoms with van der Waals surface area (Å²) in [6.45, 7) is 4.22. The van der Waals surface area contributed by atoms with Crippen molar-refractivity contribution >= 4 is 23.2 Å². The summed E-state index contributed by atoms with van der Waals surface area (Å²) in [6, 6.07) is 14.0. The third-order valence-electron chi connectivity index (χ3n) is 5.05. The highest BCUT2D eigenvalue weighted by Crippen LogP contribution is 2.30. The number of anilines is 2. The summed E-state index contributed by atoms with van der Waals surface area (Å²) in [5.41, 5.74) is 3.97. The zero-order chi connectivity index (χ0) is 20.1. The van der Waals surface area contributed by atoms with Crippen molar-refractivity contribution in [2.75, 3.05) is 30.4 Å². The van der Waals surface area contributed by atoms with E-state index in [9.17, 15) is 9.59 Å². The van der Waals surface area contributed by atoms with Gasteiger partial charge in [-0.05, 0) is 56.0 Å². The fourth-order valence-electron chi connectivity index (χ4n) is 3.50. The van der Waals surface area contributed by atoms with Crippen LogP contribution in [0, 0.1) is 6.92 Å². The van der Waals surface area contributed by atoms with Crippen molar-refractivity contribution in [2.45, 2.75) is 32.7 Å². The van der Waals surface area contributed by atoms with Gasteiger partial charge >= 0.3 is 0 Å². The number of fused-ring (bicyclic) bond motifs is 1. The van der Waals surface area contributed by atoms with Crippen LogP contribution in [0.1, 0.15) is 24.5 Å². The number of ether oxygens (including phenoxy) is 1. The predicted octanol–water partition coefficient (Wildman–Crippen LogP) is 2.90. The van der Waals surface area contributed by atoms with Gasteiger partial charge in [0.1, 0.15) is 5.75 Å². The molecule has 148 valence electrons. The molecule has 28 heavy (non-hydrogen) atoms. The van der Waals surface area contributed by atoms with E-state index in [1.807, 2.05) is 31.2 Å². The van der Waals surface area contributed by atoms with Crippen molar-refractivity contribution in [1.82, 2.24) is 5.32 Å². The molecule has 2 aromatic rings. The second kappa shape index (κ2) is 8.78. The molecular formula is C22H27N3O3. The molecule has 1 heterocycles. The molecule has 6 heteroatoms. The minimum Gasteiger partial charge on any atom is -0.495 e. The van der Waals surface area contributed by atoms with Gasteiger partial charge in [0.25, 0.3) is 0 Å². The molecule has 0 radical (unpaired) electrons. The largest absolute Gasteiger partial charge is 0.495 e. The van der Waals surface area contributed by atoms with E-state index in [0.717, 1.165) is 24.1 Å². The zero-order valence-corrected chi connectivity index (χ0v) is 16.6. The molecule has 1 atom stereocenters. The second-order valence-electron chi connectivity index (χ2n) is 7.17. The zero-order valence-electron chi connectivity index (χ0n) is 16.6. The Morgan fingerprint density at radius 2 is 1.96 bits per heavy atom. The van der Waals surface area contributed by atoms with Gasteiger partial charge in [-0.15, -0.1) is 0 Å². The molecule has 2 N–H and O–H groups in total. The predicted molar refractivity (Wildman–Crippen MR) is 111 cm³/mol. The lowest BCUT2D eigenvalue weighted by molar-refractivity contribution is -0.123. The average Bonchev–Trinajstić information content (AvgIpc) is 2.69. The molecule has 0 unspecified atom stereocenters. The molecule has 0 saturated carbocycles. The van der Waals surface area contributed by atoms with Crippen LogP contribution in [0.4, 0.5) is 11.4 Å². The molecule has 0 spiro atoms. The highest BCUT2D eigenvalue weighted by atomic mass is 16.5. The van der Waals surface area contributed by atoms with Gasteiger partial charge < -0.3 is 20.3 Å². The number of methoxy groups -OCH3 is 1. The number of nitrogens with zero attached hydrogens (tertiary/aromatic N) is 1. The minimum atomic E-state index is -0.288. The van der Waals surface area contributed by atoms with Crippen LogP contribution in [-0.2, 0) is 16.0 Å². The summed E-state index contributed by atoms with van der Waals surface area (Å²) in [5.74, 6) is 0.128. The standard InChI is InChI=1S/C22H27N3O3/c1-15-8-11-20(28-3)18(12-15)24-21(26)13-23-22(27)14-25-16(2)9-10-17-6-4-5-7-19(17)25/h4-8,11-12,16H,9-10,13-14H2,1-3H3,(H,23,27)(H,24,26)/t16-/m1/s1. The van der Waals surface area contributed by atoms with E-state index in [1.54, 1.807) is 13.2 Å². The number of carbonyl (C=O) groups is 2. The molecule has 0 saturated heterocycles.